The average molecular weight is 403 g/mol. The van der Waals surface area contributed by atoms with Crippen molar-refractivity contribution < 1.29 is 17.2 Å². The first-order valence-corrected chi connectivity index (χ1v) is 10.7. The summed E-state index contributed by atoms with van der Waals surface area (Å²) in [5.41, 5.74) is 1.43. The zero-order chi connectivity index (χ0) is 20.1. The van der Waals surface area contributed by atoms with Gasteiger partial charge in [0.2, 0.25) is 0 Å². The molecule has 0 spiro atoms. The fraction of sp³-hybridized carbons (Fsp3) is 0.200. The molecule has 7 heteroatoms. The fourth-order valence-electron chi connectivity index (χ4n) is 1.99. The van der Waals surface area contributed by atoms with E-state index >= 15 is 0 Å². The highest BCUT2D eigenvalue weighted by Gasteiger charge is 2.09. The van der Waals surface area contributed by atoms with Crippen LogP contribution in [0.2, 0.25) is 0 Å². The number of sulfonamides is 1. The lowest BCUT2D eigenvalue weighted by Gasteiger charge is -2.12. The molecule has 2 aromatic rings. The molecule has 0 heterocycles. The maximum Gasteiger partial charge on any atom is 0.255 e. The molecule has 2 rings (SSSR count). The third-order valence-corrected chi connectivity index (χ3v) is 4.96. The van der Waals surface area contributed by atoms with Gasteiger partial charge in [-0.2, -0.15) is 0 Å². The Bertz CT molecular complexity index is 1020. The molecule has 0 aliphatic heterocycles. The monoisotopic (exact) mass is 402 g/mol. The second-order valence-electron chi connectivity index (χ2n) is 6.80. The summed E-state index contributed by atoms with van der Waals surface area (Å²) < 4.78 is 49.0. The standard InChI is InChI=1S/C20H21NO4S2/c1-20(2,3)14-12-16-8-10-17(11-9-16)13-15-27(24,25)21-18-6-4-5-7-19(18)26(22)23/h4-11,13,15,21H,1-3H3,(H,22,23)/p-1/b15-13+. The largest absolute Gasteiger partial charge is 0.768 e. The Morgan fingerprint density at radius 3 is 2.30 bits per heavy atom. The van der Waals surface area contributed by atoms with Crippen LogP contribution in [0.1, 0.15) is 31.9 Å². The number of anilines is 1. The predicted octanol–water partition coefficient (Wildman–Crippen LogP) is 3.73. The van der Waals surface area contributed by atoms with Crippen LogP contribution in [-0.2, 0) is 21.1 Å². The van der Waals surface area contributed by atoms with E-state index in [0.29, 0.717) is 5.56 Å². The second kappa shape index (κ2) is 8.53. The number of hydrogen-bond donors (Lipinski definition) is 1. The highest BCUT2D eigenvalue weighted by Crippen LogP contribution is 2.20. The Morgan fingerprint density at radius 1 is 1.07 bits per heavy atom. The molecule has 0 aliphatic rings. The molecule has 1 unspecified atom stereocenters. The van der Waals surface area contributed by atoms with E-state index in [-0.39, 0.29) is 16.0 Å². The van der Waals surface area contributed by atoms with E-state index in [9.17, 15) is 17.2 Å². The second-order valence-corrected chi connectivity index (χ2v) is 9.28. The molecule has 5 nitrogen and oxygen atoms in total. The van der Waals surface area contributed by atoms with Crippen LogP contribution in [0.4, 0.5) is 5.69 Å². The van der Waals surface area contributed by atoms with Gasteiger partial charge >= 0.3 is 0 Å². The van der Waals surface area contributed by atoms with Crippen molar-refractivity contribution in [1.29, 1.82) is 0 Å². The van der Waals surface area contributed by atoms with Gasteiger partial charge in [0.05, 0.1) is 11.1 Å². The van der Waals surface area contributed by atoms with Crippen LogP contribution in [0.15, 0.2) is 58.8 Å². The van der Waals surface area contributed by atoms with Crippen molar-refractivity contribution in [2.75, 3.05) is 4.72 Å². The summed E-state index contributed by atoms with van der Waals surface area (Å²) in [6.45, 7) is 6.07. The molecule has 0 fully saturated rings. The number of para-hydroxylation sites is 1. The molecule has 0 radical (unpaired) electrons. The normalized spacial score (nSPS) is 13.0. The van der Waals surface area contributed by atoms with Gasteiger partial charge in [-0.1, -0.05) is 36.1 Å². The summed E-state index contributed by atoms with van der Waals surface area (Å²) in [5, 5.41) is 0.993. The third kappa shape index (κ3) is 7.02. The van der Waals surface area contributed by atoms with E-state index in [1.165, 1.54) is 24.3 Å². The van der Waals surface area contributed by atoms with Crippen molar-refractivity contribution in [3.05, 3.63) is 65.1 Å². The molecule has 2 aromatic carbocycles. The summed E-state index contributed by atoms with van der Waals surface area (Å²) >= 11 is -2.54. The van der Waals surface area contributed by atoms with E-state index < -0.39 is 21.1 Å². The molecule has 0 amide bonds. The van der Waals surface area contributed by atoms with Crippen LogP contribution >= 0.6 is 0 Å². The highest BCUT2D eigenvalue weighted by atomic mass is 32.2. The van der Waals surface area contributed by atoms with E-state index in [1.54, 1.807) is 18.2 Å². The molecule has 1 N–H and O–H groups in total. The van der Waals surface area contributed by atoms with Gasteiger partial charge in [-0.15, -0.1) is 0 Å². The van der Waals surface area contributed by atoms with Crippen molar-refractivity contribution in [3.8, 4) is 11.8 Å². The summed E-state index contributed by atoms with van der Waals surface area (Å²) in [7, 11) is -3.86. The molecule has 27 heavy (non-hydrogen) atoms. The van der Waals surface area contributed by atoms with Crippen molar-refractivity contribution >= 4 is 32.9 Å². The zero-order valence-electron chi connectivity index (χ0n) is 15.2. The van der Waals surface area contributed by atoms with Gasteiger partial charge in [0.15, 0.2) is 0 Å². The lowest BCUT2D eigenvalue weighted by molar-refractivity contribution is 0.537. The first kappa shape index (κ1) is 20.9. The molecule has 0 saturated carbocycles. The zero-order valence-corrected chi connectivity index (χ0v) is 16.9. The van der Waals surface area contributed by atoms with Crippen LogP contribution in [0, 0.1) is 17.3 Å². The molecular weight excluding hydrogens is 382 g/mol. The minimum Gasteiger partial charge on any atom is -0.768 e. The number of benzene rings is 2. The molecule has 142 valence electrons. The Labute approximate surface area is 162 Å². The average Bonchev–Trinajstić information content (AvgIpc) is 2.58. The quantitative estimate of drug-likeness (QED) is 0.610. The van der Waals surface area contributed by atoms with Crippen LogP contribution in [-0.4, -0.2) is 17.2 Å². The number of nitrogens with one attached hydrogen (secondary N) is 1. The Morgan fingerprint density at radius 2 is 1.70 bits per heavy atom. The molecule has 0 aliphatic carbocycles. The van der Waals surface area contributed by atoms with Crippen molar-refractivity contribution in [2.45, 2.75) is 25.7 Å². The van der Waals surface area contributed by atoms with Gasteiger partial charge in [0, 0.05) is 15.9 Å². The van der Waals surface area contributed by atoms with E-state index in [4.69, 9.17) is 0 Å². The van der Waals surface area contributed by atoms with Crippen LogP contribution in [0.25, 0.3) is 6.08 Å². The first-order chi connectivity index (χ1) is 12.6. The van der Waals surface area contributed by atoms with Gasteiger partial charge < -0.3 is 4.55 Å². The molecule has 0 bridgehead atoms. The van der Waals surface area contributed by atoms with Crippen LogP contribution in [0.3, 0.4) is 0 Å². The number of rotatable bonds is 5. The van der Waals surface area contributed by atoms with Gasteiger partial charge in [0.1, 0.15) is 0 Å². The third-order valence-electron chi connectivity index (χ3n) is 3.25. The molecule has 0 saturated heterocycles. The van der Waals surface area contributed by atoms with Crippen molar-refractivity contribution in [3.63, 3.8) is 0 Å². The summed E-state index contributed by atoms with van der Waals surface area (Å²) in [5.74, 6) is 6.20. The lowest BCUT2D eigenvalue weighted by atomic mass is 9.97. The van der Waals surface area contributed by atoms with Crippen molar-refractivity contribution in [2.24, 2.45) is 5.41 Å². The predicted molar refractivity (Wildman–Crippen MR) is 108 cm³/mol. The molecule has 1 atom stereocenters. The van der Waals surface area contributed by atoms with Crippen LogP contribution in [0.5, 0.6) is 0 Å². The highest BCUT2D eigenvalue weighted by molar-refractivity contribution is 7.95. The minimum absolute atomic E-state index is 0.00304. The van der Waals surface area contributed by atoms with Gasteiger partial charge in [-0.3, -0.25) is 8.93 Å². The minimum atomic E-state index is -3.86. The van der Waals surface area contributed by atoms with Gasteiger partial charge in [0.25, 0.3) is 10.0 Å². The smallest absolute Gasteiger partial charge is 0.255 e. The van der Waals surface area contributed by atoms with Crippen molar-refractivity contribution in [1.82, 2.24) is 0 Å². The fourth-order valence-corrected chi connectivity index (χ4v) is 3.43. The maximum atomic E-state index is 12.2. The number of hydrogen-bond acceptors (Lipinski definition) is 4. The van der Waals surface area contributed by atoms with E-state index in [0.717, 1.165) is 11.0 Å². The Hall–Kier alpha value is -2.40. The first-order valence-electron chi connectivity index (χ1n) is 8.08. The Balaban J connectivity index is 2.15. The maximum absolute atomic E-state index is 12.2. The van der Waals surface area contributed by atoms with Gasteiger partial charge in [-0.25, -0.2) is 8.42 Å². The topological polar surface area (TPSA) is 86.3 Å². The Kier molecular flexibility index (Phi) is 6.60. The van der Waals surface area contributed by atoms with E-state index in [2.05, 4.69) is 16.6 Å². The molecule has 0 aromatic heterocycles. The van der Waals surface area contributed by atoms with Gasteiger partial charge in [-0.05, 0) is 67.8 Å². The SMILES string of the molecule is CC(C)(C)C#Cc1ccc(/C=C/S(=O)(=O)Nc2ccccc2S(=O)[O-])cc1. The summed E-state index contributed by atoms with van der Waals surface area (Å²) in [6, 6.07) is 12.9. The van der Waals surface area contributed by atoms with Crippen LogP contribution < -0.4 is 4.72 Å². The summed E-state index contributed by atoms with van der Waals surface area (Å²) in [6.07, 6.45) is 1.43. The lowest BCUT2D eigenvalue weighted by Crippen LogP contribution is -2.11. The summed E-state index contributed by atoms with van der Waals surface area (Å²) in [4.78, 5) is -0.115. The van der Waals surface area contributed by atoms with E-state index in [1.807, 2.05) is 32.9 Å². The molecular formula is C20H20NO4S2-.